The fourth-order valence-electron chi connectivity index (χ4n) is 4.82. The lowest BCUT2D eigenvalue weighted by Crippen LogP contribution is -2.34. The number of halogens is 1. The van der Waals surface area contributed by atoms with E-state index >= 15 is 4.39 Å². The lowest BCUT2D eigenvalue weighted by atomic mass is 9.98. The van der Waals surface area contributed by atoms with Gasteiger partial charge in [0.2, 0.25) is 11.8 Å². The Bertz CT molecular complexity index is 1530. The van der Waals surface area contributed by atoms with E-state index < -0.39 is 5.82 Å². The summed E-state index contributed by atoms with van der Waals surface area (Å²) in [7, 11) is 0. The topological polar surface area (TPSA) is 110 Å². The van der Waals surface area contributed by atoms with Gasteiger partial charge in [0.25, 0.3) is 5.56 Å². The molecule has 2 amide bonds. The zero-order chi connectivity index (χ0) is 28.1. The van der Waals surface area contributed by atoms with E-state index in [4.69, 9.17) is 5.73 Å². The van der Waals surface area contributed by atoms with E-state index in [1.54, 1.807) is 47.5 Å². The predicted octanol–water partition coefficient (Wildman–Crippen LogP) is 4.37. The number of nitrogens with one attached hydrogen (secondary N) is 1. The summed E-state index contributed by atoms with van der Waals surface area (Å²) >= 11 is 0. The second kappa shape index (κ2) is 12.1. The van der Waals surface area contributed by atoms with Crippen molar-refractivity contribution in [3.8, 4) is 11.1 Å². The standard InChI is InChI=1S/C30H34FN5O3/c1-4-10-35(11-5-2)29(38)22-14-24-25(31)15-21(16-26(24)34-27(32)17-22)19-7-8-23-20(13-19)9-12-36(30(23)39)18-28(37)33-6-3/h7-9,12-16H,4-6,10-11,17-18H2,1-3H3,(H2,32,34)(H,33,37). The number of pyridine rings is 1. The number of amides is 2. The van der Waals surface area contributed by atoms with Crippen LogP contribution in [0.2, 0.25) is 0 Å². The highest BCUT2D eigenvalue weighted by Gasteiger charge is 2.23. The van der Waals surface area contributed by atoms with Crippen LogP contribution in [0.4, 0.5) is 10.1 Å². The molecule has 0 bridgehead atoms. The van der Waals surface area contributed by atoms with Gasteiger partial charge in [0.15, 0.2) is 0 Å². The second-order valence-electron chi connectivity index (χ2n) is 9.64. The van der Waals surface area contributed by atoms with E-state index in [1.807, 2.05) is 20.8 Å². The smallest absolute Gasteiger partial charge is 0.258 e. The molecular weight excluding hydrogens is 497 g/mol. The van der Waals surface area contributed by atoms with Crippen LogP contribution in [0.5, 0.6) is 0 Å². The number of carbonyl (C=O) groups excluding carboxylic acids is 2. The summed E-state index contributed by atoms with van der Waals surface area (Å²) in [5.41, 5.74) is 8.15. The molecule has 2 aromatic carbocycles. The number of aromatic nitrogens is 1. The van der Waals surface area contributed by atoms with Crippen molar-refractivity contribution in [2.24, 2.45) is 10.7 Å². The Morgan fingerprint density at radius 3 is 2.51 bits per heavy atom. The van der Waals surface area contributed by atoms with Gasteiger partial charge in [-0.05, 0) is 72.7 Å². The number of benzene rings is 2. The second-order valence-corrected chi connectivity index (χ2v) is 9.64. The number of nitrogens with two attached hydrogens (primary N) is 1. The van der Waals surface area contributed by atoms with Crippen LogP contribution in [0.15, 0.2) is 58.0 Å². The predicted molar refractivity (Wildman–Crippen MR) is 153 cm³/mol. The van der Waals surface area contributed by atoms with E-state index in [-0.39, 0.29) is 41.7 Å². The van der Waals surface area contributed by atoms with Crippen molar-refractivity contribution in [2.75, 3.05) is 19.6 Å². The van der Waals surface area contributed by atoms with Crippen LogP contribution in [0.3, 0.4) is 0 Å². The fraction of sp³-hybridized carbons (Fsp3) is 0.333. The molecule has 1 aliphatic heterocycles. The number of amidine groups is 1. The Morgan fingerprint density at radius 2 is 1.82 bits per heavy atom. The van der Waals surface area contributed by atoms with Crippen LogP contribution in [0.25, 0.3) is 28.0 Å². The highest BCUT2D eigenvalue weighted by atomic mass is 19.1. The summed E-state index contributed by atoms with van der Waals surface area (Å²) in [5, 5.41) is 3.81. The van der Waals surface area contributed by atoms with E-state index in [9.17, 15) is 14.4 Å². The maximum absolute atomic E-state index is 15.5. The van der Waals surface area contributed by atoms with Crippen molar-refractivity contribution >= 4 is 40.2 Å². The lowest BCUT2D eigenvalue weighted by molar-refractivity contribution is -0.127. The van der Waals surface area contributed by atoms with Gasteiger partial charge < -0.3 is 20.5 Å². The molecule has 1 aliphatic rings. The first-order valence-electron chi connectivity index (χ1n) is 13.3. The Hall–Kier alpha value is -4.27. The maximum atomic E-state index is 15.5. The van der Waals surface area contributed by atoms with Crippen molar-refractivity contribution in [1.82, 2.24) is 14.8 Å². The van der Waals surface area contributed by atoms with Crippen LogP contribution < -0.4 is 16.6 Å². The molecule has 204 valence electrons. The van der Waals surface area contributed by atoms with Crippen molar-refractivity contribution in [3.05, 3.63) is 69.9 Å². The van der Waals surface area contributed by atoms with Gasteiger partial charge in [0, 0.05) is 48.8 Å². The monoisotopic (exact) mass is 531 g/mol. The largest absolute Gasteiger partial charge is 0.387 e. The molecule has 0 unspecified atom stereocenters. The van der Waals surface area contributed by atoms with Crippen LogP contribution in [-0.4, -0.2) is 46.8 Å². The molecule has 3 N–H and O–H groups in total. The van der Waals surface area contributed by atoms with Gasteiger partial charge in [-0.3, -0.25) is 14.4 Å². The molecule has 0 aliphatic carbocycles. The number of rotatable bonds is 9. The lowest BCUT2D eigenvalue weighted by Gasteiger charge is -2.22. The third kappa shape index (κ3) is 6.08. The first kappa shape index (κ1) is 27.8. The molecule has 0 radical (unpaired) electrons. The summed E-state index contributed by atoms with van der Waals surface area (Å²) < 4.78 is 16.9. The van der Waals surface area contributed by atoms with Gasteiger partial charge in [-0.15, -0.1) is 0 Å². The zero-order valence-electron chi connectivity index (χ0n) is 22.6. The molecule has 4 rings (SSSR count). The molecular formula is C30H34FN5O3. The first-order valence-corrected chi connectivity index (χ1v) is 13.3. The van der Waals surface area contributed by atoms with E-state index in [1.165, 1.54) is 10.6 Å². The Kier molecular flexibility index (Phi) is 8.59. The van der Waals surface area contributed by atoms with Crippen molar-refractivity contribution in [3.63, 3.8) is 0 Å². The number of hydrogen-bond acceptors (Lipinski definition) is 5. The third-order valence-electron chi connectivity index (χ3n) is 6.61. The van der Waals surface area contributed by atoms with Gasteiger partial charge in [-0.1, -0.05) is 19.9 Å². The summed E-state index contributed by atoms with van der Waals surface area (Å²) in [5.74, 6) is -0.663. The van der Waals surface area contributed by atoms with Crippen molar-refractivity contribution in [1.29, 1.82) is 0 Å². The Labute approximate surface area is 227 Å². The van der Waals surface area contributed by atoms with E-state index in [0.717, 1.165) is 12.8 Å². The Balaban J connectivity index is 1.71. The molecule has 2 heterocycles. The minimum atomic E-state index is -0.513. The molecule has 3 aromatic rings. The molecule has 0 saturated carbocycles. The Morgan fingerprint density at radius 1 is 1.08 bits per heavy atom. The summed E-state index contributed by atoms with van der Waals surface area (Å²) in [4.78, 5) is 44.3. The van der Waals surface area contributed by atoms with E-state index in [0.29, 0.717) is 52.8 Å². The fourth-order valence-corrected chi connectivity index (χ4v) is 4.82. The minimum absolute atomic E-state index is 0.0630. The average molecular weight is 532 g/mol. The van der Waals surface area contributed by atoms with Crippen LogP contribution in [0.1, 0.15) is 45.6 Å². The molecule has 0 saturated heterocycles. The maximum Gasteiger partial charge on any atom is 0.258 e. The molecule has 0 atom stereocenters. The van der Waals surface area contributed by atoms with Crippen LogP contribution in [-0.2, 0) is 16.1 Å². The van der Waals surface area contributed by atoms with Gasteiger partial charge >= 0.3 is 0 Å². The van der Waals surface area contributed by atoms with E-state index in [2.05, 4.69) is 10.3 Å². The summed E-state index contributed by atoms with van der Waals surface area (Å²) in [6.45, 7) is 7.50. The summed E-state index contributed by atoms with van der Waals surface area (Å²) in [6.07, 6.45) is 4.94. The minimum Gasteiger partial charge on any atom is -0.387 e. The summed E-state index contributed by atoms with van der Waals surface area (Å²) in [6, 6.07) is 10.1. The molecule has 9 heteroatoms. The third-order valence-corrected chi connectivity index (χ3v) is 6.61. The number of carbonyl (C=O) groups is 2. The highest BCUT2D eigenvalue weighted by Crippen LogP contribution is 2.35. The molecule has 0 spiro atoms. The van der Waals surface area contributed by atoms with Gasteiger partial charge in [-0.25, -0.2) is 9.38 Å². The molecule has 8 nitrogen and oxygen atoms in total. The van der Waals surface area contributed by atoms with Crippen molar-refractivity contribution in [2.45, 2.75) is 46.6 Å². The number of likely N-dealkylation sites (N-methyl/N-ethyl adjacent to an activating group) is 1. The zero-order valence-corrected chi connectivity index (χ0v) is 22.6. The normalized spacial score (nSPS) is 12.8. The van der Waals surface area contributed by atoms with Gasteiger partial charge in [-0.2, -0.15) is 0 Å². The number of fused-ring (bicyclic) bond motifs is 2. The molecule has 39 heavy (non-hydrogen) atoms. The van der Waals surface area contributed by atoms with Crippen molar-refractivity contribution < 1.29 is 14.0 Å². The number of hydrogen-bond donors (Lipinski definition) is 2. The molecule has 1 aromatic heterocycles. The van der Waals surface area contributed by atoms with Gasteiger partial charge in [0.1, 0.15) is 18.2 Å². The first-order chi connectivity index (χ1) is 18.7. The average Bonchev–Trinajstić information content (AvgIpc) is 3.08. The number of nitrogens with zero attached hydrogens (tertiary/aromatic N) is 3. The van der Waals surface area contributed by atoms with Gasteiger partial charge in [0.05, 0.1) is 5.69 Å². The SMILES string of the molecule is CCCN(CCC)C(=O)C1=Cc2c(F)cc(-c3ccc4c(=O)n(CC(=O)NCC)ccc4c3)cc2N=C(N)C1. The molecule has 0 fully saturated rings. The quantitative estimate of drug-likeness (QED) is 0.427. The van der Waals surface area contributed by atoms with Crippen LogP contribution >= 0.6 is 0 Å². The highest BCUT2D eigenvalue weighted by molar-refractivity contribution is 6.05. The number of aliphatic imine (C=N–C) groups is 1. The van der Waals surface area contributed by atoms with Crippen LogP contribution in [0, 0.1) is 5.82 Å².